The molecule has 0 spiro atoms. The zero-order valence-electron chi connectivity index (χ0n) is 14.3. The molecule has 1 aromatic rings. The number of anilines is 1. The number of nitrogens with one attached hydrogen (secondary N) is 1. The molecule has 1 amide bonds. The molecule has 1 saturated carbocycles. The van der Waals surface area contributed by atoms with Gasteiger partial charge in [0.1, 0.15) is 5.75 Å². The minimum atomic E-state index is -0.0233. The van der Waals surface area contributed by atoms with Crippen LogP contribution in [0, 0.1) is 0 Å². The van der Waals surface area contributed by atoms with Gasteiger partial charge in [0.25, 0.3) is 0 Å². The summed E-state index contributed by atoms with van der Waals surface area (Å²) in [5.41, 5.74) is 0.625. The van der Waals surface area contributed by atoms with Crippen molar-refractivity contribution < 1.29 is 9.53 Å². The van der Waals surface area contributed by atoms with E-state index in [0.29, 0.717) is 23.0 Å². The summed E-state index contributed by atoms with van der Waals surface area (Å²) in [4.78, 5) is 17.2. The monoisotopic (exact) mass is 351 g/mol. The number of ether oxygens (including phenoxy) is 1. The first-order valence-corrected chi connectivity index (χ1v) is 9.13. The Labute approximate surface area is 148 Å². The molecule has 6 heteroatoms. The van der Waals surface area contributed by atoms with Crippen molar-refractivity contribution in [3.05, 3.63) is 23.2 Å². The van der Waals surface area contributed by atoms with Gasteiger partial charge in [-0.15, -0.1) is 0 Å². The van der Waals surface area contributed by atoms with Gasteiger partial charge < -0.3 is 10.1 Å². The third-order valence-electron chi connectivity index (χ3n) is 5.05. The molecular weight excluding hydrogens is 326 g/mol. The van der Waals surface area contributed by atoms with Gasteiger partial charge in [0.05, 0.1) is 19.3 Å². The van der Waals surface area contributed by atoms with Crippen molar-refractivity contribution in [2.45, 2.75) is 31.7 Å². The molecule has 1 heterocycles. The molecule has 132 valence electrons. The van der Waals surface area contributed by atoms with Gasteiger partial charge in [-0.1, -0.05) is 24.4 Å². The summed E-state index contributed by atoms with van der Waals surface area (Å²) >= 11 is 6.00. The summed E-state index contributed by atoms with van der Waals surface area (Å²) < 4.78 is 5.27. The first-order chi connectivity index (χ1) is 11.7. The van der Waals surface area contributed by atoms with E-state index in [-0.39, 0.29) is 5.91 Å². The number of piperazine rings is 1. The largest absolute Gasteiger partial charge is 0.495 e. The van der Waals surface area contributed by atoms with E-state index in [1.54, 1.807) is 25.3 Å². The molecule has 1 aromatic carbocycles. The fourth-order valence-electron chi connectivity index (χ4n) is 3.73. The van der Waals surface area contributed by atoms with Crippen LogP contribution in [-0.2, 0) is 4.79 Å². The molecule has 1 saturated heterocycles. The number of carbonyl (C=O) groups excluding carboxylic acids is 1. The quantitative estimate of drug-likeness (QED) is 0.886. The number of amides is 1. The van der Waals surface area contributed by atoms with Crippen LogP contribution in [0.1, 0.15) is 25.7 Å². The lowest BCUT2D eigenvalue weighted by atomic mass is 10.2. The van der Waals surface area contributed by atoms with E-state index in [9.17, 15) is 4.79 Å². The topological polar surface area (TPSA) is 44.8 Å². The van der Waals surface area contributed by atoms with Crippen LogP contribution in [0.3, 0.4) is 0 Å². The molecule has 2 fully saturated rings. The lowest BCUT2D eigenvalue weighted by Gasteiger charge is -2.37. The number of rotatable bonds is 5. The van der Waals surface area contributed by atoms with Crippen LogP contribution in [0.4, 0.5) is 5.69 Å². The summed E-state index contributed by atoms with van der Waals surface area (Å²) in [6, 6.07) is 6.00. The molecule has 0 unspecified atom stereocenters. The Morgan fingerprint density at radius 2 is 1.96 bits per heavy atom. The van der Waals surface area contributed by atoms with Crippen molar-refractivity contribution in [3.63, 3.8) is 0 Å². The van der Waals surface area contributed by atoms with Crippen molar-refractivity contribution in [1.29, 1.82) is 0 Å². The van der Waals surface area contributed by atoms with Crippen LogP contribution in [-0.4, -0.2) is 61.6 Å². The van der Waals surface area contributed by atoms with E-state index < -0.39 is 0 Å². The number of carbonyl (C=O) groups is 1. The summed E-state index contributed by atoms with van der Waals surface area (Å²) in [5.74, 6) is 0.601. The number of benzene rings is 1. The number of hydrogen-bond acceptors (Lipinski definition) is 4. The fourth-order valence-corrected chi connectivity index (χ4v) is 3.90. The van der Waals surface area contributed by atoms with Gasteiger partial charge in [-0.3, -0.25) is 14.6 Å². The average molecular weight is 352 g/mol. The average Bonchev–Trinajstić information content (AvgIpc) is 3.10. The SMILES string of the molecule is COc1ccc(Cl)cc1NC(=O)CN1CCN(C2CCCC2)CC1. The Hall–Kier alpha value is -1.30. The fraction of sp³-hybridized carbons (Fsp3) is 0.611. The molecule has 1 N–H and O–H groups in total. The van der Waals surface area contributed by atoms with Gasteiger partial charge in [0, 0.05) is 37.2 Å². The molecule has 0 atom stereocenters. The number of methoxy groups -OCH3 is 1. The van der Waals surface area contributed by atoms with E-state index in [2.05, 4.69) is 15.1 Å². The molecule has 1 aliphatic heterocycles. The van der Waals surface area contributed by atoms with Crippen LogP contribution in [0.5, 0.6) is 5.75 Å². The van der Waals surface area contributed by atoms with Crippen molar-refractivity contribution in [3.8, 4) is 5.75 Å². The summed E-state index contributed by atoms with van der Waals surface area (Å²) in [6.07, 6.45) is 5.42. The van der Waals surface area contributed by atoms with Gasteiger partial charge in [0.2, 0.25) is 5.91 Å². The molecule has 0 radical (unpaired) electrons. The Kier molecular flexibility index (Phi) is 5.98. The molecule has 3 rings (SSSR count). The zero-order valence-corrected chi connectivity index (χ0v) is 15.0. The third-order valence-corrected chi connectivity index (χ3v) is 5.29. The first-order valence-electron chi connectivity index (χ1n) is 8.75. The van der Waals surface area contributed by atoms with Crippen molar-refractivity contribution in [2.24, 2.45) is 0 Å². The normalized spacial score (nSPS) is 20.2. The lowest BCUT2D eigenvalue weighted by molar-refractivity contribution is -0.117. The Morgan fingerprint density at radius 1 is 1.25 bits per heavy atom. The van der Waals surface area contributed by atoms with Gasteiger partial charge in [-0.2, -0.15) is 0 Å². The summed E-state index contributed by atoms with van der Waals surface area (Å²) in [7, 11) is 1.58. The van der Waals surface area contributed by atoms with Crippen LogP contribution in [0.25, 0.3) is 0 Å². The van der Waals surface area contributed by atoms with Crippen LogP contribution in [0.2, 0.25) is 5.02 Å². The van der Waals surface area contributed by atoms with E-state index in [4.69, 9.17) is 16.3 Å². The van der Waals surface area contributed by atoms with E-state index in [0.717, 1.165) is 32.2 Å². The van der Waals surface area contributed by atoms with Crippen molar-refractivity contribution in [1.82, 2.24) is 9.80 Å². The Bertz CT molecular complexity index is 567. The molecule has 2 aliphatic rings. The standard InChI is InChI=1S/C18H26ClN3O2/c1-24-17-7-6-14(19)12-16(17)20-18(23)13-21-8-10-22(11-9-21)15-4-2-3-5-15/h6-7,12,15H,2-5,8-11,13H2,1H3,(H,20,23). The second-order valence-electron chi connectivity index (χ2n) is 6.64. The van der Waals surface area contributed by atoms with Crippen molar-refractivity contribution >= 4 is 23.2 Å². The molecule has 0 aromatic heterocycles. The Morgan fingerprint density at radius 3 is 2.62 bits per heavy atom. The third kappa shape index (κ3) is 4.41. The number of halogens is 1. The molecule has 0 bridgehead atoms. The predicted molar refractivity (Wildman–Crippen MR) is 96.9 cm³/mol. The van der Waals surface area contributed by atoms with Crippen LogP contribution < -0.4 is 10.1 Å². The highest BCUT2D eigenvalue weighted by Gasteiger charge is 2.26. The molecule has 24 heavy (non-hydrogen) atoms. The van der Waals surface area contributed by atoms with Crippen molar-refractivity contribution in [2.75, 3.05) is 45.2 Å². The Balaban J connectivity index is 1.48. The maximum absolute atomic E-state index is 12.3. The highest BCUT2D eigenvalue weighted by atomic mass is 35.5. The summed E-state index contributed by atoms with van der Waals surface area (Å²) in [6.45, 7) is 4.46. The van der Waals surface area contributed by atoms with Gasteiger partial charge in [-0.25, -0.2) is 0 Å². The minimum Gasteiger partial charge on any atom is -0.495 e. The van der Waals surface area contributed by atoms with Gasteiger partial charge in [-0.05, 0) is 31.0 Å². The molecule has 5 nitrogen and oxygen atoms in total. The molecular formula is C18H26ClN3O2. The highest BCUT2D eigenvalue weighted by Crippen LogP contribution is 2.28. The van der Waals surface area contributed by atoms with E-state index >= 15 is 0 Å². The maximum atomic E-state index is 12.3. The second-order valence-corrected chi connectivity index (χ2v) is 7.08. The number of nitrogens with zero attached hydrogens (tertiary/aromatic N) is 2. The van der Waals surface area contributed by atoms with Crippen LogP contribution >= 0.6 is 11.6 Å². The zero-order chi connectivity index (χ0) is 16.9. The first kappa shape index (κ1) is 17.5. The summed E-state index contributed by atoms with van der Waals surface area (Å²) in [5, 5.41) is 3.49. The smallest absolute Gasteiger partial charge is 0.238 e. The van der Waals surface area contributed by atoms with Crippen LogP contribution in [0.15, 0.2) is 18.2 Å². The predicted octanol–water partition coefficient (Wildman–Crippen LogP) is 2.85. The second kappa shape index (κ2) is 8.19. The minimum absolute atomic E-state index is 0.0233. The van der Waals surface area contributed by atoms with E-state index in [1.165, 1.54) is 25.7 Å². The molecule has 1 aliphatic carbocycles. The van der Waals surface area contributed by atoms with E-state index in [1.807, 2.05) is 0 Å². The highest BCUT2D eigenvalue weighted by molar-refractivity contribution is 6.31. The van der Waals surface area contributed by atoms with Gasteiger partial charge >= 0.3 is 0 Å². The maximum Gasteiger partial charge on any atom is 0.238 e. The number of hydrogen-bond donors (Lipinski definition) is 1. The van der Waals surface area contributed by atoms with Gasteiger partial charge in [0.15, 0.2) is 0 Å². The lowest BCUT2D eigenvalue weighted by Crippen LogP contribution is -2.51.